The van der Waals surface area contributed by atoms with Crippen molar-refractivity contribution >= 4 is 16.5 Å². The molecule has 82 valence electrons. The molecule has 0 saturated heterocycles. The Labute approximate surface area is 98.1 Å². The predicted octanol–water partition coefficient (Wildman–Crippen LogP) is 2.69. The Morgan fingerprint density at radius 1 is 1.44 bits per heavy atom. The number of thiazole rings is 1. The topological polar surface area (TPSA) is 34.1 Å². The van der Waals surface area contributed by atoms with E-state index in [-0.39, 0.29) is 0 Å². The molecule has 2 heterocycles. The first kappa shape index (κ1) is 9.66. The second kappa shape index (κ2) is 4.14. The zero-order valence-electron chi connectivity index (χ0n) is 8.77. The number of hydrogen-bond acceptors (Lipinski definition) is 4. The summed E-state index contributed by atoms with van der Waals surface area (Å²) in [6, 6.07) is 6.37. The van der Waals surface area contributed by atoms with Crippen LogP contribution in [0.15, 0.2) is 29.8 Å². The van der Waals surface area contributed by atoms with Crippen molar-refractivity contribution in [2.45, 2.75) is 13.0 Å². The highest BCUT2D eigenvalue weighted by molar-refractivity contribution is 7.13. The van der Waals surface area contributed by atoms with Gasteiger partial charge in [0.1, 0.15) is 5.75 Å². The van der Waals surface area contributed by atoms with Crippen LogP contribution in [0.5, 0.6) is 5.75 Å². The van der Waals surface area contributed by atoms with E-state index in [1.165, 1.54) is 11.1 Å². The molecule has 0 aliphatic carbocycles. The van der Waals surface area contributed by atoms with Crippen LogP contribution >= 0.6 is 11.3 Å². The van der Waals surface area contributed by atoms with Crippen molar-refractivity contribution in [2.75, 3.05) is 11.9 Å². The molecule has 0 saturated carbocycles. The number of aromatic nitrogens is 1. The van der Waals surface area contributed by atoms with Crippen molar-refractivity contribution in [3.63, 3.8) is 0 Å². The lowest BCUT2D eigenvalue weighted by atomic mass is 10.1. The Balaban J connectivity index is 1.71. The third-order valence-electron chi connectivity index (χ3n) is 2.63. The highest BCUT2D eigenvalue weighted by Crippen LogP contribution is 2.26. The first-order chi connectivity index (χ1) is 7.92. The Bertz CT molecular complexity index is 482. The van der Waals surface area contributed by atoms with Crippen molar-refractivity contribution in [2.24, 2.45) is 0 Å². The first-order valence-corrected chi connectivity index (χ1v) is 6.18. The SMILES string of the molecule is c1csc(NCc2ccc3c(c2)CCO3)n1. The van der Waals surface area contributed by atoms with Crippen molar-refractivity contribution in [3.05, 3.63) is 40.9 Å². The zero-order chi connectivity index (χ0) is 10.8. The Morgan fingerprint density at radius 3 is 3.31 bits per heavy atom. The molecule has 0 fully saturated rings. The summed E-state index contributed by atoms with van der Waals surface area (Å²) in [4.78, 5) is 4.19. The predicted molar refractivity (Wildman–Crippen MR) is 65.1 cm³/mol. The van der Waals surface area contributed by atoms with E-state index in [2.05, 4.69) is 28.5 Å². The van der Waals surface area contributed by atoms with Gasteiger partial charge in [-0.1, -0.05) is 12.1 Å². The molecule has 3 rings (SSSR count). The summed E-state index contributed by atoms with van der Waals surface area (Å²) >= 11 is 1.62. The lowest BCUT2D eigenvalue weighted by molar-refractivity contribution is 0.357. The summed E-state index contributed by atoms with van der Waals surface area (Å²) in [7, 11) is 0. The average molecular weight is 232 g/mol. The van der Waals surface area contributed by atoms with Crippen LogP contribution in [-0.4, -0.2) is 11.6 Å². The van der Waals surface area contributed by atoms with Gasteiger partial charge in [-0.3, -0.25) is 0 Å². The molecule has 0 atom stereocenters. The molecule has 1 N–H and O–H groups in total. The quantitative estimate of drug-likeness (QED) is 0.883. The fourth-order valence-corrected chi connectivity index (χ4v) is 2.37. The number of benzene rings is 1. The Morgan fingerprint density at radius 2 is 2.44 bits per heavy atom. The highest BCUT2D eigenvalue weighted by Gasteiger charge is 2.11. The van der Waals surface area contributed by atoms with Gasteiger partial charge in [-0.05, 0) is 17.2 Å². The van der Waals surface area contributed by atoms with Gasteiger partial charge in [0, 0.05) is 24.5 Å². The molecule has 4 heteroatoms. The number of nitrogens with one attached hydrogen (secondary N) is 1. The molecule has 1 aromatic heterocycles. The third kappa shape index (κ3) is 1.88. The number of rotatable bonds is 3. The minimum atomic E-state index is 0.818. The second-order valence-corrected chi connectivity index (χ2v) is 4.63. The summed E-state index contributed by atoms with van der Waals surface area (Å²) in [6.07, 6.45) is 2.84. The summed E-state index contributed by atoms with van der Waals surface area (Å²) in [5.74, 6) is 1.04. The standard InChI is InChI=1S/C12H12N2OS/c1-2-11-10(3-5-15-11)7-9(1)8-14-12-13-4-6-16-12/h1-2,4,6-7H,3,5,8H2,(H,13,14). The van der Waals surface area contributed by atoms with E-state index in [1.807, 2.05) is 11.6 Å². The first-order valence-electron chi connectivity index (χ1n) is 5.30. The van der Waals surface area contributed by atoms with Crippen LogP contribution < -0.4 is 10.1 Å². The van der Waals surface area contributed by atoms with Gasteiger partial charge in [0.2, 0.25) is 0 Å². The normalized spacial score (nSPS) is 13.2. The van der Waals surface area contributed by atoms with Crippen molar-refractivity contribution in [3.8, 4) is 5.75 Å². The highest BCUT2D eigenvalue weighted by atomic mass is 32.1. The third-order valence-corrected chi connectivity index (χ3v) is 3.36. The van der Waals surface area contributed by atoms with E-state index in [0.29, 0.717) is 0 Å². The van der Waals surface area contributed by atoms with Crippen LogP contribution in [0.4, 0.5) is 5.13 Å². The van der Waals surface area contributed by atoms with Gasteiger partial charge in [0.15, 0.2) is 5.13 Å². The summed E-state index contributed by atoms with van der Waals surface area (Å²) < 4.78 is 5.47. The van der Waals surface area contributed by atoms with E-state index in [1.54, 1.807) is 11.3 Å². The molecule has 2 aromatic rings. The van der Waals surface area contributed by atoms with Gasteiger partial charge in [0.05, 0.1) is 6.61 Å². The second-order valence-electron chi connectivity index (χ2n) is 3.73. The maximum Gasteiger partial charge on any atom is 0.182 e. The van der Waals surface area contributed by atoms with E-state index < -0.39 is 0 Å². The minimum Gasteiger partial charge on any atom is -0.493 e. The van der Waals surface area contributed by atoms with Gasteiger partial charge in [-0.25, -0.2) is 4.98 Å². The van der Waals surface area contributed by atoms with Gasteiger partial charge >= 0.3 is 0 Å². The van der Waals surface area contributed by atoms with Crippen LogP contribution in [0.25, 0.3) is 0 Å². The van der Waals surface area contributed by atoms with Crippen molar-refractivity contribution < 1.29 is 4.74 Å². The summed E-state index contributed by atoms with van der Waals surface area (Å²) in [5.41, 5.74) is 2.60. The molecule has 0 unspecified atom stereocenters. The average Bonchev–Trinajstić information content (AvgIpc) is 2.97. The molecular formula is C12H12N2OS. The largest absolute Gasteiger partial charge is 0.493 e. The minimum absolute atomic E-state index is 0.818. The van der Waals surface area contributed by atoms with Crippen molar-refractivity contribution in [1.29, 1.82) is 0 Å². The molecule has 0 spiro atoms. The van der Waals surface area contributed by atoms with Gasteiger partial charge in [-0.2, -0.15) is 0 Å². The van der Waals surface area contributed by atoms with Crippen molar-refractivity contribution in [1.82, 2.24) is 4.98 Å². The maximum absolute atomic E-state index is 5.47. The van der Waals surface area contributed by atoms with E-state index in [4.69, 9.17) is 4.74 Å². The number of hydrogen-bond donors (Lipinski definition) is 1. The van der Waals surface area contributed by atoms with Crippen LogP contribution in [0.3, 0.4) is 0 Å². The smallest absolute Gasteiger partial charge is 0.182 e. The molecule has 0 bridgehead atoms. The molecular weight excluding hydrogens is 220 g/mol. The summed E-state index contributed by atoms with van der Waals surface area (Å²) in [5, 5.41) is 6.24. The number of fused-ring (bicyclic) bond motifs is 1. The Kier molecular flexibility index (Phi) is 2.50. The maximum atomic E-state index is 5.47. The number of anilines is 1. The van der Waals surface area contributed by atoms with Gasteiger partial charge < -0.3 is 10.1 Å². The molecule has 1 aliphatic rings. The van der Waals surface area contributed by atoms with Crippen LogP contribution in [0, 0.1) is 0 Å². The summed E-state index contributed by atoms with van der Waals surface area (Å²) in [6.45, 7) is 1.64. The fraction of sp³-hybridized carbons (Fsp3) is 0.250. The van der Waals surface area contributed by atoms with E-state index >= 15 is 0 Å². The lowest BCUT2D eigenvalue weighted by Gasteiger charge is -2.05. The Hall–Kier alpha value is -1.55. The number of ether oxygens (including phenoxy) is 1. The molecule has 0 amide bonds. The lowest BCUT2D eigenvalue weighted by Crippen LogP contribution is -1.98. The molecule has 1 aliphatic heterocycles. The van der Waals surface area contributed by atoms with Gasteiger partial charge in [0.25, 0.3) is 0 Å². The fourth-order valence-electron chi connectivity index (χ4n) is 1.84. The van der Waals surface area contributed by atoms with E-state index in [9.17, 15) is 0 Å². The molecule has 1 aromatic carbocycles. The van der Waals surface area contributed by atoms with Crippen LogP contribution in [0.2, 0.25) is 0 Å². The zero-order valence-corrected chi connectivity index (χ0v) is 9.59. The van der Waals surface area contributed by atoms with Crippen LogP contribution in [-0.2, 0) is 13.0 Å². The monoisotopic (exact) mass is 232 g/mol. The number of nitrogens with zero attached hydrogens (tertiary/aromatic N) is 1. The van der Waals surface area contributed by atoms with Gasteiger partial charge in [-0.15, -0.1) is 11.3 Å². The molecule has 0 radical (unpaired) electrons. The molecule has 16 heavy (non-hydrogen) atoms. The van der Waals surface area contributed by atoms with Crippen LogP contribution in [0.1, 0.15) is 11.1 Å². The van der Waals surface area contributed by atoms with E-state index in [0.717, 1.165) is 30.5 Å². The molecule has 3 nitrogen and oxygen atoms in total.